The van der Waals surface area contributed by atoms with Gasteiger partial charge in [0, 0.05) is 26.2 Å². The summed E-state index contributed by atoms with van der Waals surface area (Å²) in [5, 5.41) is 13.6. The zero-order chi connectivity index (χ0) is 27.4. The smallest absolute Gasteiger partial charge is 0.239 e. The number of pyridine rings is 1. The molecule has 1 aromatic heterocycles. The third-order valence-corrected chi connectivity index (χ3v) is 7.47. The monoisotopic (exact) mass is 541 g/mol. The number of anilines is 1. The third-order valence-electron chi connectivity index (χ3n) is 6.51. The van der Waals surface area contributed by atoms with Gasteiger partial charge in [-0.1, -0.05) is 13.0 Å². The molecule has 0 spiro atoms. The summed E-state index contributed by atoms with van der Waals surface area (Å²) in [6.45, 7) is 4.96. The summed E-state index contributed by atoms with van der Waals surface area (Å²) in [4.78, 5) is 17.9. The van der Waals surface area contributed by atoms with E-state index in [2.05, 4.69) is 4.90 Å². The zero-order valence-electron chi connectivity index (χ0n) is 22.2. The van der Waals surface area contributed by atoms with Gasteiger partial charge in [0.15, 0.2) is 23.5 Å². The molecule has 38 heavy (non-hydrogen) atoms. The summed E-state index contributed by atoms with van der Waals surface area (Å²) < 4.78 is 32.3. The van der Waals surface area contributed by atoms with Crippen molar-refractivity contribution in [3.05, 3.63) is 58.7 Å². The normalized spacial score (nSPS) is 14.3. The van der Waals surface area contributed by atoms with E-state index in [1.165, 1.54) is 51.4 Å². The van der Waals surface area contributed by atoms with Gasteiger partial charge in [-0.15, -0.1) is 11.8 Å². The van der Waals surface area contributed by atoms with Crippen LogP contribution < -0.4 is 23.8 Å². The van der Waals surface area contributed by atoms with Gasteiger partial charge < -0.3 is 29.2 Å². The summed E-state index contributed by atoms with van der Waals surface area (Å²) in [5.41, 5.74) is 1.64. The number of hydrogen-bond donors (Lipinski definition) is 0. The molecule has 0 radical (unpaired) electrons. The molecule has 0 bridgehead atoms. The molecule has 1 fully saturated rings. The largest absolute Gasteiger partial charge is 0.618 e. The van der Waals surface area contributed by atoms with Gasteiger partial charge in [-0.3, -0.25) is 4.79 Å². The number of aromatic nitrogens is 1. The van der Waals surface area contributed by atoms with Crippen molar-refractivity contribution < 1.29 is 28.1 Å². The Morgan fingerprint density at radius 2 is 1.74 bits per heavy atom. The lowest BCUT2D eigenvalue weighted by atomic mass is 10.1. The Balaban J connectivity index is 1.71. The van der Waals surface area contributed by atoms with Crippen molar-refractivity contribution in [2.75, 3.05) is 65.2 Å². The summed E-state index contributed by atoms with van der Waals surface area (Å²) in [6.07, 6.45) is 4.22. The lowest BCUT2D eigenvalue weighted by molar-refractivity contribution is -0.578. The van der Waals surface area contributed by atoms with E-state index in [9.17, 15) is 10.0 Å². The Morgan fingerprint density at radius 3 is 2.32 bits per heavy atom. The van der Waals surface area contributed by atoms with Crippen LogP contribution in [0.3, 0.4) is 0 Å². The number of fused-ring (bicyclic) bond motifs is 1. The fourth-order valence-electron chi connectivity index (χ4n) is 4.56. The van der Waals surface area contributed by atoms with E-state index in [1.807, 2.05) is 18.9 Å². The highest BCUT2D eigenvalue weighted by Crippen LogP contribution is 2.40. The van der Waals surface area contributed by atoms with Gasteiger partial charge in [-0.05, 0) is 48.7 Å². The molecule has 0 amide bonds. The number of methoxy groups -OCH3 is 3. The van der Waals surface area contributed by atoms with Gasteiger partial charge in [-0.2, -0.15) is 4.73 Å². The van der Waals surface area contributed by atoms with E-state index in [0.717, 1.165) is 13.1 Å². The maximum atomic E-state index is 15.5. The maximum absolute atomic E-state index is 15.5. The summed E-state index contributed by atoms with van der Waals surface area (Å²) in [5.74, 6) is 1.25. The van der Waals surface area contributed by atoms with Crippen molar-refractivity contribution in [2.45, 2.75) is 11.8 Å². The highest BCUT2D eigenvalue weighted by atomic mass is 32.2. The fraction of sp³-hybridized carbons (Fsp3) is 0.357. The van der Waals surface area contributed by atoms with E-state index >= 15 is 4.39 Å². The first-order valence-electron chi connectivity index (χ1n) is 12.3. The molecule has 0 unspecified atom stereocenters. The van der Waals surface area contributed by atoms with Crippen LogP contribution in [0.5, 0.6) is 17.2 Å². The molecule has 0 saturated carbocycles. The number of rotatable bonds is 9. The van der Waals surface area contributed by atoms with Crippen LogP contribution in [0, 0.1) is 11.0 Å². The highest BCUT2D eigenvalue weighted by molar-refractivity contribution is 7.99. The van der Waals surface area contributed by atoms with E-state index in [1.54, 1.807) is 24.3 Å². The van der Waals surface area contributed by atoms with Crippen LogP contribution >= 0.6 is 11.8 Å². The molecule has 10 heteroatoms. The van der Waals surface area contributed by atoms with Crippen molar-refractivity contribution in [1.29, 1.82) is 0 Å². The number of halogens is 1. The van der Waals surface area contributed by atoms with E-state index in [-0.39, 0.29) is 5.56 Å². The number of piperazine rings is 1. The molecule has 2 heterocycles. The number of ketones is 1. The predicted octanol–water partition coefficient (Wildman–Crippen LogP) is 4.40. The Kier molecular flexibility index (Phi) is 8.63. The molecule has 1 aliphatic heterocycles. The van der Waals surface area contributed by atoms with Gasteiger partial charge in [0.05, 0.1) is 38.0 Å². The number of carbonyl (C=O) groups is 1. The Bertz CT molecular complexity index is 1350. The SMILES string of the molecule is CCSc1c(N2CCN(C)CC2)c(F)cc2cc(C(=O)C=Cc3cc(OC)c(OC)c(OC)c3)c[n+]([O-])c12. The minimum absolute atomic E-state index is 0.162. The fourth-order valence-corrected chi connectivity index (χ4v) is 5.56. The maximum Gasteiger partial charge on any atom is 0.239 e. The summed E-state index contributed by atoms with van der Waals surface area (Å²) in [6, 6.07) is 6.35. The minimum Gasteiger partial charge on any atom is -0.618 e. The van der Waals surface area contributed by atoms with Crippen molar-refractivity contribution in [3.63, 3.8) is 0 Å². The average molecular weight is 542 g/mol. The average Bonchev–Trinajstić information content (AvgIpc) is 2.91. The standard InChI is InChI=1S/C28H32FN3O5S/c1-6-38-28-25-19(16-21(29)26(28)31-11-9-30(2)10-12-31)15-20(17-32(25)34)22(33)8-7-18-13-23(35-3)27(37-5)24(14-18)36-4/h7-8,13-17H,6,9-12H2,1-5H3. The number of hydrogen-bond acceptors (Lipinski definition) is 8. The second-order valence-electron chi connectivity index (χ2n) is 8.91. The molecule has 4 rings (SSSR count). The number of likely N-dealkylation sites (N-methyl/N-ethyl adjacent to an activating group) is 1. The molecule has 3 aromatic rings. The van der Waals surface area contributed by atoms with Gasteiger partial charge in [0.2, 0.25) is 11.3 Å². The van der Waals surface area contributed by atoms with Crippen molar-refractivity contribution >= 4 is 40.2 Å². The van der Waals surface area contributed by atoms with Crippen LogP contribution in [0.1, 0.15) is 22.8 Å². The van der Waals surface area contributed by atoms with Crippen LogP contribution in [0.2, 0.25) is 0 Å². The molecular formula is C28H32FN3O5S. The molecule has 2 aromatic carbocycles. The lowest BCUT2D eigenvalue weighted by Crippen LogP contribution is -2.45. The predicted molar refractivity (Wildman–Crippen MR) is 148 cm³/mol. The summed E-state index contributed by atoms with van der Waals surface area (Å²) >= 11 is 1.44. The zero-order valence-corrected chi connectivity index (χ0v) is 23.1. The third kappa shape index (κ3) is 5.51. The van der Waals surface area contributed by atoms with Crippen molar-refractivity contribution in [1.82, 2.24) is 4.90 Å². The van der Waals surface area contributed by atoms with Crippen molar-refractivity contribution in [2.24, 2.45) is 0 Å². The lowest BCUT2D eigenvalue weighted by Gasteiger charge is -2.35. The van der Waals surface area contributed by atoms with Crippen LogP contribution in [-0.2, 0) is 0 Å². The molecule has 0 N–H and O–H groups in total. The molecule has 202 valence electrons. The minimum atomic E-state index is -0.393. The van der Waals surface area contributed by atoms with Gasteiger partial charge in [0.1, 0.15) is 10.7 Å². The number of benzene rings is 2. The van der Waals surface area contributed by atoms with Crippen LogP contribution in [0.15, 0.2) is 41.4 Å². The van der Waals surface area contributed by atoms with Crippen LogP contribution in [0.4, 0.5) is 10.1 Å². The Labute approximate surface area is 226 Å². The first-order valence-corrected chi connectivity index (χ1v) is 13.3. The van der Waals surface area contributed by atoms with Crippen LogP contribution in [0.25, 0.3) is 17.0 Å². The molecular weight excluding hydrogens is 509 g/mol. The Hall–Kier alpha value is -3.50. The second-order valence-corrected chi connectivity index (χ2v) is 10.2. The van der Waals surface area contributed by atoms with Crippen LogP contribution in [-0.4, -0.2) is 71.0 Å². The van der Waals surface area contributed by atoms with Crippen molar-refractivity contribution in [3.8, 4) is 17.2 Å². The quantitative estimate of drug-likeness (QED) is 0.130. The second kappa shape index (κ2) is 11.9. The number of allylic oxidation sites excluding steroid dienone is 1. The van der Waals surface area contributed by atoms with Gasteiger partial charge in [-0.25, -0.2) is 4.39 Å². The van der Waals surface area contributed by atoms with Gasteiger partial charge >= 0.3 is 0 Å². The molecule has 1 saturated heterocycles. The van der Waals surface area contributed by atoms with E-state index < -0.39 is 11.6 Å². The summed E-state index contributed by atoms with van der Waals surface area (Å²) in [7, 11) is 6.57. The first-order chi connectivity index (χ1) is 18.3. The van der Waals surface area contributed by atoms with E-state index in [4.69, 9.17) is 14.2 Å². The van der Waals surface area contributed by atoms with Gasteiger partial charge in [0.25, 0.3) is 0 Å². The highest BCUT2D eigenvalue weighted by Gasteiger charge is 2.27. The molecule has 1 aliphatic rings. The topological polar surface area (TPSA) is 78.2 Å². The molecule has 0 aliphatic carbocycles. The number of ether oxygens (including phenoxy) is 3. The van der Waals surface area contributed by atoms with E-state index in [0.29, 0.717) is 67.9 Å². The first kappa shape index (κ1) is 27.5. The number of carbonyl (C=O) groups excluding carboxylic acids is 1. The number of nitrogens with zero attached hydrogens (tertiary/aromatic N) is 3. The number of thioether (sulfide) groups is 1. The Morgan fingerprint density at radius 1 is 1.08 bits per heavy atom. The molecule has 0 atom stereocenters. The molecule has 8 nitrogen and oxygen atoms in total.